The van der Waals surface area contributed by atoms with Gasteiger partial charge < -0.3 is 14.6 Å². The van der Waals surface area contributed by atoms with Gasteiger partial charge in [0.1, 0.15) is 6.10 Å². The van der Waals surface area contributed by atoms with E-state index in [0.29, 0.717) is 6.42 Å². The topological polar surface area (TPSA) is 55.8 Å². The van der Waals surface area contributed by atoms with Gasteiger partial charge in [0.25, 0.3) is 0 Å². The molecule has 0 amide bonds. The third-order valence-corrected chi connectivity index (χ3v) is 5.70. The van der Waals surface area contributed by atoms with E-state index in [2.05, 4.69) is 6.92 Å². The average molecular weight is 355 g/mol. The van der Waals surface area contributed by atoms with Gasteiger partial charge in [0.05, 0.1) is 18.3 Å². The second-order valence-corrected chi connectivity index (χ2v) is 7.90. The molecule has 2 rings (SSSR count). The van der Waals surface area contributed by atoms with Gasteiger partial charge in [-0.05, 0) is 25.7 Å². The van der Waals surface area contributed by atoms with Crippen LogP contribution in [0.3, 0.4) is 0 Å². The third-order valence-electron chi connectivity index (χ3n) is 5.70. The zero-order valence-corrected chi connectivity index (χ0v) is 16.1. The SMILES string of the molecule is CCCCCCCCCCCC[C@H](O)[C@@H]1CC[C@@H]([C@H]2CCC(=O)O2)O1. The van der Waals surface area contributed by atoms with Gasteiger partial charge in [-0.25, -0.2) is 0 Å². The van der Waals surface area contributed by atoms with Crippen LogP contribution >= 0.6 is 0 Å². The van der Waals surface area contributed by atoms with Crippen molar-refractivity contribution in [1.29, 1.82) is 0 Å². The summed E-state index contributed by atoms with van der Waals surface area (Å²) < 4.78 is 11.3. The first-order valence-corrected chi connectivity index (χ1v) is 10.7. The minimum absolute atomic E-state index is 0.00110. The van der Waals surface area contributed by atoms with E-state index in [9.17, 15) is 9.90 Å². The molecule has 4 nitrogen and oxygen atoms in total. The Labute approximate surface area is 153 Å². The minimum atomic E-state index is -0.365. The van der Waals surface area contributed by atoms with Crippen LogP contribution < -0.4 is 0 Å². The van der Waals surface area contributed by atoms with Crippen molar-refractivity contribution in [3.63, 3.8) is 0 Å². The Morgan fingerprint density at radius 1 is 0.920 bits per heavy atom. The highest BCUT2D eigenvalue weighted by molar-refractivity contribution is 5.71. The quantitative estimate of drug-likeness (QED) is 0.377. The molecule has 2 aliphatic rings. The summed E-state index contributed by atoms with van der Waals surface area (Å²) in [7, 11) is 0. The molecule has 0 unspecified atom stereocenters. The molecule has 0 aromatic carbocycles. The first kappa shape index (κ1) is 20.7. The number of aliphatic hydroxyl groups excluding tert-OH is 1. The number of carbonyl (C=O) groups excluding carboxylic acids is 1. The molecule has 0 aromatic heterocycles. The van der Waals surface area contributed by atoms with Crippen LogP contribution in [0.2, 0.25) is 0 Å². The van der Waals surface area contributed by atoms with Gasteiger partial charge in [-0.3, -0.25) is 4.79 Å². The van der Waals surface area contributed by atoms with Crippen LogP contribution in [0.5, 0.6) is 0 Å². The Kier molecular flexibility index (Phi) is 9.85. The van der Waals surface area contributed by atoms with E-state index >= 15 is 0 Å². The van der Waals surface area contributed by atoms with Crippen molar-refractivity contribution in [3.8, 4) is 0 Å². The van der Waals surface area contributed by atoms with Crippen LogP contribution in [-0.4, -0.2) is 35.5 Å². The van der Waals surface area contributed by atoms with Crippen LogP contribution in [0.4, 0.5) is 0 Å². The number of carbonyl (C=O) groups is 1. The number of unbranched alkanes of at least 4 members (excludes halogenated alkanes) is 9. The van der Waals surface area contributed by atoms with E-state index in [4.69, 9.17) is 9.47 Å². The monoisotopic (exact) mass is 354 g/mol. The van der Waals surface area contributed by atoms with Crippen LogP contribution in [0.15, 0.2) is 0 Å². The van der Waals surface area contributed by atoms with Crippen molar-refractivity contribution in [2.75, 3.05) is 0 Å². The van der Waals surface area contributed by atoms with Gasteiger partial charge in [-0.2, -0.15) is 0 Å². The highest BCUT2D eigenvalue weighted by atomic mass is 16.6. The summed E-state index contributed by atoms with van der Waals surface area (Å²) in [5.74, 6) is -0.108. The predicted molar refractivity (Wildman–Crippen MR) is 99.5 cm³/mol. The zero-order valence-electron chi connectivity index (χ0n) is 16.1. The van der Waals surface area contributed by atoms with Gasteiger partial charge in [-0.15, -0.1) is 0 Å². The molecule has 0 saturated carbocycles. The number of rotatable bonds is 13. The molecule has 0 aromatic rings. The van der Waals surface area contributed by atoms with E-state index in [1.54, 1.807) is 0 Å². The smallest absolute Gasteiger partial charge is 0.306 e. The number of hydrogen-bond donors (Lipinski definition) is 1. The highest BCUT2D eigenvalue weighted by Crippen LogP contribution is 2.31. The Hall–Kier alpha value is -0.610. The maximum Gasteiger partial charge on any atom is 0.306 e. The number of ether oxygens (including phenoxy) is 2. The van der Waals surface area contributed by atoms with E-state index < -0.39 is 0 Å². The van der Waals surface area contributed by atoms with E-state index in [0.717, 1.165) is 32.1 Å². The van der Waals surface area contributed by atoms with Crippen LogP contribution in [0.25, 0.3) is 0 Å². The van der Waals surface area contributed by atoms with Gasteiger partial charge in [-0.1, -0.05) is 71.1 Å². The molecule has 2 fully saturated rings. The van der Waals surface area contributed by atoms with Gasteiger partial charge >= 0.3 is 5.97 Å². The Morgan fingerprint density at radius 3 is 2.16 bits per heavy atom. The molecular weight excluding hydrogens is 316 g/mol. The Bertz CT molecular complexity index is 371. The number of aliphatic hydroxyl groups is 1. The normalized spacial score (nSPS) is 27.6. The molecule has 0 spiro atoms. The summed E-state index contributed by atoms with van der Waals surface area (Å²) in [6.07, 6.45) is 16.5. The molecule has 2 saturated heterocycles. The van der Waals surface area contributed by atoms with Gasteiger partial charge in [0.15, 0.2) is 0 Å². The summed E-state index contributed by atoms with van der Waals surface area (Å²) in [6, 6.07) is 0. The number of hydrogen-bond acceptors (Lipinski definition) is 4. The fourth-order valence-electron chi connectivity index (χ4n) is 4.08. The molecule has 0 bridgehead atoms. The van der Waals surface area contributed by atoms with Crippen LogP contribution in [0, 0.1) is 0 Å². The van der Waals surface area contributed by atoms with Crippen LogP contribution in [-0.2, 0) is 14.3 Å². The fourth-order valence-corrected chi connectivity index (χ4v) is 4.08. The second kappa shape index (κ2) is 11.9. The molecule has 2 heterocycles. The van der Waals surface area contributed by atoms with Crippen molar-refractivity contribution in [2.24, 2.45) is 0 Å². The van der Waals surface area contributed by atoms with Gasteiger partial charge in [0, 0.05) is 6.42 Å². The van der Waals surface area contributed by atoms with E-state index in [1.165, 1.54) is 57.8 Å². The maximum absolute atomic E-state index is 11.2. The molecule has 4 heteroatoms. The largest absolute Gasteiger partial charge is 0.460 e. The zero-order chi connectivity index (χ0) is 17.9. The average Bonchev–Trinajstić information content (AvgIpc) is 3.25. The summed E-state index contributed by atoms with van der Waals surface area (Å²) >= 11 is 0. The predicted octanol–water partition coefficient (Wildman–Crippen LogP) is 4.91. The third kappa shape index (κ3) is 7.65. The fraction of sp³-hybridized carbons (Fsp3) is 0.952. The molecule has 1 N–H and O–H groups in total. The standard InChI is InChI=1S/C21H38O4/c1-2-3-4-5-6-7-8-9-10-11-12-17(22)18-13-14-19(24-18)20-15-16-21(23)25-20/h17-20,22H,2-16H2,1H3/t17-,18-,19-,20+/m0/s1. The van der Waals surface area contributed by atoms with E-state index in [1.807, 2.05) is 0 Å². The van der Waals surface area contributed by atoms with Crippen LogP contribution in [0.1, 0.15) is 103 Å². The lowest BCUT2D eigenvalue weighted by atomic mass is 10.0. The lowest BCUT2D eigenvalue weighted by Crippen LogP contribution is -2.30. The molecule has 146 valence electrons. The number of cyclic esters (lactones) is 1. The van der Waals surface area contributed by atoms with Crippen molar-refractivity contribution in [2.45, 2.75) is 128 Å². The van der Waals surface area contributed by atoms with Crippen molar-refractivity contribution in [3.05, 3.63) is 0 Å². The molecule has 0 aliphatic carbocycles. The van der Waals surface area contributed by atoms with E-state index in [-0.39, 0.29) is 30.4 Å². The highest BCUT2D eigenvalue weighted by Gasteiger charge is 2.39. The molecule has 4 atom stereocenters. The maximum atomic E-state index is 11.2. The molecule has 2 aliphatic heterocycles. The lowest BCUT2D eigenvalue weighted by Gasteiger charge is -2.21. The molecular formula is C21H38O4. The molecule has 25 heavy (non-hydrogen) atoms. The Balaban J connectivity index is 1.45. The first-order chi connectivity index (χ1) is 12.2. The summed E-state index contributed by atoms with van der Waals surface area (Å²) in [6.45, 7) is 2.26. The summed E-state index contributed by atoms with van der Waals surface area (Å²) in [4.78, 5) is 11.2. The summed E-state index contributed by atoms with van der Waals surface area (Å²) in [5, 5.41) is 10.4. The minimum Gasteiger partial charge on any atom is -0.460 e. The Morgan fingerprint density at radius 2 is 1.56 bits per heavy atom. The van der Waals surface area contributed by atoms with Crippen molar-refractivity contribution >= 4 is 5.97 Å². The first-order valence-electron chi connectivity index (χ1n) is 10.7. The lowest BCUT2D eigenvalue weighted by molar-refractivity contribution is -0.148. The van der Waals surface area contributed by atoms with Crippen molar-refractivity contribution in [1.82, 2.24) is 0 Å². The van der Waals surface area contributed by atoms with Gasteiger partial charge in [0.2, 0.25) is 0 Å². The summed E-state index contributed by atoms with van der Waals surface area (Å²) in [5.41, 5.74) is 0. The van der Waals surface area contributed by atoms with Crippen molar-refractivity contribution < 1.29 is 19.4 Å². The second-order valence-electron chi connectivity index (χ2n) is 7.90. The molecule has 0 radical (unpaired) electrons. The number of esters is 1.